The Morgan fingerprint density at radius 3 is 2.18 bits per heavy atom. The summed E-state index contributed by atoms with van der Waals surface area (Å²) >= 11 is 0. The van der Waals surface area contributed by atoms with Crippen molar-refractivity contribution in [3.8, 4) is 0 Å². The van der Waals surface area contributed by atoms with Gasteiger partial charge in [0.25, 0.3) is 0 Å². The van der Waals surface area contributed by atoms with Crippen LogP contribution in [0.15, 0.2) is 30.3 Å². The molecule has 0 heterocycles. The monoisotopic (exact) mass is 234 g/mol. The molecule has 2 nitrogen and oxygen atoms in total. The Kier molecular flexibility index (Phi) is 7.69. The van der Waals surface area contributed by atoms with Crippen molar-refractivity contribution in [1.29, 1.82) is 0 Å². The first kappa shape index (κ1) is 14.2. The van der Waals surface area contributed by atoms with Crippen molar-refractivity contribution >= 4 is 0 Å². The van der Waals surface area contributed by atoms with E-state index in [2.05, 4.69) is 54.4 Å². The average molecular weight is 234 g/mol. The Morgan fingerprint density at radius 1 is 0.941 bits per heavy atom. The standard InChI is InChI=1S/C15H26N2/c1-3-11-17(12-4-2)13-10-16-14-15-8-6-5-7-9-15/h5-9,16H,3-4,10-14H2,1-2H3. The normalized spacial score (nSPS) is 11.0. The second-order valence-electron chi connectivity index (χ2n) is 4.50. The molecule has 0 atom stereocenters. The molecule has 0 bridgehead atoms. The van der Waals surface area contributed by atoms with Gasteiger partial charge in [0.05, 0.1) is 0 Å². The van der Waals surface area contributed by atoms with Crippen LogP contribution in [0.3, 0.4) is 0 Å². The van der Waals surface area contributed by atoms with E-state index in [1.165, 1.54) is 31.5 Å². The van der Waals surface area contributed by atoms with E-state index in [0.29, 0.717) is 0 Å². The van der Waals surface area contributed by atoms with E-state index >= 15 is 0 Å². The number of hydrogen-bond acceptors (Lipinski definition) is 2. The molecule has 96 valence electrons. The molecule has 2 heteroatoms. The Morgan fingerprint density at radius 2 is 1.59 bits per heavy atom. The van der Waals surface area contributed by atoms with Gasteiger partial charge in [-0.2, -0.15) is 0 Å². The summed E-state index contributed by atoms with van der Waals surface area (Å²) in [5.74, 6) is 0. The van der Waals surface area contributed by atoms with Crippen LogP contribution in [-0.4, -0.2) is 31.1 Å². The molecule has 1 rings (SSSR count). The molecule has 1 aromatic carbocycles. The molecule has 1 aromatic rings. The van der Waals surface area contributed by atoms with Gasteiger partial charge in [-0.25, -0.2) is 0 Å². The molecule has 0 amide bonds. The summed E-state index contributed by atoms with van der Waals surface area (Å²) in [4.78, 5) is 2.54. The van der Waals surface area contributed by atoms with Crippen molar-refractivity contribution in [2.75, 3.05) is 26.2 Å². The van der Waals surface area contributed by atoms with Crippen LogP contribution in [0.4, 0.5) is 0 Å². The van der Waals surface area contributed by atoms with Crippen molar-refractivity contribution in [1.82, 2.24) is 10.2 Å². The molecule has 0 saturated heterocycles. The number of nitrogens with zero attached hydrogens (tertiary/aromatic N) is 1. The zero-order valence-corrected chi connectivity index (χ0v) is 11.3. The zero-order valence-electron chi connectivity index (χ0n) is 11.3. The van der Waals surface area contributed by atoms with Crippen molar-refractivity contribution in [3.05, 3.63) is 35.9 Å². The van der Waals surface area contributed by atoms with Crippen molar-refractivity contribution in [2.24, 2.45) is 0 Å². The first-order valence-electron chi connectivity index (χ1n) is 6.83. The van der Waals surface area contributed by atoms with Crippen LogP contribution in [0.1, 0.15) is 32.3 Å². The average Bonchev–Trinajstić information content (AvgIpc) is 2.36. The highest BCUT2D eigenvalue weighted by molar-refractivity contribution is 5.14. The predicted octanol–water partition coefficient (Wildman–Crippen LogP) is 2.90. The minimum atomic E-state index is 0.979. The molecule has 0 spiro atoms. The molecule has 0 aromatic heterocycles. The van der Waals surface area contributed by atoms with E-state index in [9.17, 15) is 0 Å². The molecular weight excluding hydrogens is 208 g/mol. The predicted molar refractivity (Wildman–Crippen MR) is 75.2 cm³/mol. The second-order valence-corrected chi connectivity index (χ2v) is 4.50. The maximum absolute atomic E-state index is 3.51. The Labute approximate surface area is 106 Å². The van der Waals surface area contributed by atoms with E-state index in [1.807, 2.05) is 0 Å². The Bertz CT molecular complexity index is 266. The molecule has 0 radical (unpaired) electrons. The Hall–Kier alpha value is -0.860. The number of hydrogen-bond donors (Lipinski definition) is 1. The molecule has 0 unspecified atom stereocenters. The lowest BCUT2D eigenvalue weighted by Gasteiger charge is -2.20. The molecule has 0 fully saturated rings. The summed E-state index contributed by atoms with van der Waals surface area (Å²) in [7, 11) is 0. The van der Waals surface area contributed by atoms with Crippen LogP contribution in [0.2, 0.25) is 0 Å². The lowest BCUT2D eigenvalue weighted by molar-refractivity contribution is 0.274. The van der Waals surface area contributed by atoms with Gasteiger partial charge in [0.15, 0.2) is 0 Å². The number of rotatable bonds is 9. The van der Waals surface area contributed by atoms with Crippen molar-refractivity contribution in [3.63, 3.8) is 0 Å². The lowest BCUT2D eigenvalue weighted by Crippen LogP contribution is -2.33. The quantitative estimate of drug-likeness (QED) is 0.661. The number of benzene rings is 1. The van der Waals surface area contributed by atoms with Gasteiger partial charge in [-0.15, -0.1) is 0 Å². The fourth-order valence-electron chi connectivity index (χ4n) is 2.03. The maximum Gasteiger partial charge on any atom is 0.0206 e. The van der Waals surface area contributed by atoms with Gasteiger partial charge >= 0.3 is 0 Å². The van der Waals surface area contributed by atoms with Crippen LogP contribution in [0.25, 0.3) is 0 Å². The highest BCUT2D eigenvalue weighted by atomic mass is 15.1. The van der Waals surface area contributed by atoms with E-state index < -0.39 is 0 Å². The summed E-state index contributed by atoms with van der Waals surface area (Å²) < 4.78 is 0. The van der Waals surface area contributed by atoms with Gasteiger partial charge in [-0.05, 0) is 31.5 Å². The summed E-state index contributed by atoms with van der Waals surface area (Å²) in [6.07, 6.45) is 2.50. The zero-order chi connectivity index (χ0) is 12.3. The fourth-order valence-corrected chi connectivity index (χ4v) is 2.03. The van der Waals surface area contributed by atoms with Crippen LogP contribution in [0, 0.1) is 0 Å². The van der Waals surface area contributed by atoms with Crippen molar-refractivity contribution in [2.45, 2.75) is 33.2 Å². The van der Waals surface area contributed by atoms with Gasteiger partial charge in [0.2, 0.25) is 0 Å². The maximum atomic E-state index is 3.51. The molecule has 0 saturated carbocycles. The molecule has 0 aliphatic heterocycles. The molecule has 0 aliphatic rings. The van der Waals surface area contributed by atoms with Gasteiger partial charge < -0.3 is 10.2 Å². The highest BCUT2D eigenvalue weighted by Crippen LogP contribution is 1.97. The third-order valence-corrected chi connectivity index (χ3v) is 2.86. The van der Waals surface area contributed by atoms with Gasteiger partial charge in [0.1, 0.15) is 0 Å². The summed E-state index contributed by atoms with van der Waals surface area (Å²) in [5, 5.41) is 3.51. The first-order valence-corrected chi connectivity index (χ1v) is 6.83. The van der Waals surface area contributed by atoms with Crippen LogP contribution >= 0.6 is 0 Å². The SMILES string of the molecule is CCCN(CCC)CCNCc1ccccc1. The largest absolute Gasteiger partial charge is 0.311 e. The van der Waals surface area contributed by atoms with Crippen LogP contribution in [0.5, 0.6) is 0 Å². The van der Waals surface area contributed by atoms with Gasteiger partial charge in [0, 0.05) is 19.6 Å². The van der Waals surface area contributed by atoms with E-state index in [1.54, 1.807) is 0 Å². The minimum absolute atomic E-state index is 0.979. The highest BCUT2D eigenvalue weighted by Gasteiger charge is 2.01. The second kappa shape index (κ2) is 9.20. The third kappa shape index (κ3) is 6.44. The van der Waals surface area contributed by atoms with Crippen LogP contribution < -0.4 is 5.32 Å². The lowest BCUT2D eigenvalue weighted by atomic mass is 10.2. The first-order chi connectivity index (χ1) is 8.36. The van der Waals surface area contributed by atoms with Gasteiger partial charge in [-0.3, -0.25) is 0 Å². The number of nitrogens with one attached hydrogen (secondary N) is 1. The van der Waals surface area contributed by atoms with E-state index in [-0.39, 0.29) is 0 Å². The van der Waals surface area contributed by atoms with Gasteiger partial charge in [-0.1, -0.05) is 44.2 Å². The van der Waals surface area contributed by atoms with Crippen LogP contribution in [-0.2, 0) is 6.54 Å². The molecule has 0 aliphatic carbocycles. The summed E-state index contributed by atoms with van der Waals surface area (Å²) in [6, 6.07) is 10.6. The molecular formula is C15H26N2. The smallest absolute Gasteiger partial charge is 0.0206 e. The van der Waals surface area contributed by atoms with E-state index in [4.69, 9.17) is 0 Å². The fraction of sp³-hybridized carbons (Fsp3) is 0.600. The summed E-state index contributed by atoms with van der Waals surface area (Å²) in [6.45, 7) is 10.2. The third-order valence-electron chi connectivity index (χ3n) is 2.86. The Balaban J connectivity index is 2.13. The molecule has 17 heavy (non-hydrogen) atoms. The summed E-state index contributed by atoms with van der Waals surface area (Å²) in [5.41, 5.74) is 1.37. The van der Waals surface area contributed by atoms with Crippen molar-refractivity contribution < 1.29 is 0 Å². The molecule has 1 N–H and O–H groups in total. The minimum Gasteiger partial charge on any atom is -0.311 e. The topological polar surface area (TPSA) is 15.3 Å². The van der Waals surface area contributed by atoms with E-state index in [0.717, 1.165) is 19.6 Å².